The summed E-state index contributed by atoms with van der Waals surface area (Å²) in [5, 5.41) is 3.27. The summed E-state index contributed by atoms with van der Waals surface area (Å²) in [4.78, 5) is 4.19. The molecule has 1 aromatic rings. The zero-order valence-corrected chi connectivity index (χ0v) is 8.78. The first kappa shape index (κ1) is 10.2. The Labute approximate surface area is 89.8 Å². The average Bonchev–Trinajstić information content (AvgIpc) is 2.29. The van der Waals surface area contributed by atoms with Crippen molar-refractivity contribution in [1.29, 1.82) is 0 Å². The molecule has 82 valence electrons. The van der Waals surface area contributed by atoms with Crippen molar-refractivity contribution in [2.24, 2.45) is 5.92 Å². The number of pyridine rings is 1. The maximum absolute atomic E-state index is 5.78. The van der Waals surface area contributed by atoms with Gasteiger partial charge < -0.3 is 15.8 Å². The van der Waals surface area contributed by atoms with E-state index in [1.54, 1.807) is 6.20 Å². The number of anilines is 2. The van der Waals surface area contributed by atoms with Crippen LogP contribution in [-0.4, -0.2) is 24.7 Å². The van der Waals surface area contributed by atoms with Gasteiger partial charge in [-0.15, -0.1) is 0 Å². The lowest BCUT2D eigenvalue weighted by molar-refractivity contribution is 0.0595. The second-order valence-corrected chi connectivity index (χ2v) is 3.91. The second-order valence-electron chi connectivity index (χ2n) is 3.91. The molecule has 2 rings (SSSR count). The van der Waals surface area contributed by atoms with Gasteiger partial charge in [-0.05, 0) is 30.9 Å². The minimum atomic E-state index is 0.583. The minimum absolute atomic E-state index is 0.583. The topological polar surface area (TPSA) is 60.2 Å². The summed E-state index contributed by atoms with van der Waals surface area (Å²) in [6.07, 6.45) is 4.12. The molecular formula is C11H17N3O. The molecule has 1 atom stereocenters. The van der Waals surface area contributed by atoms with Crippen LogP contribution >= 0.6 is 0 Å². The zero-order chi connectivity index (χ0) is 10.5. The summed E-state index contributed by atoms with van der Waals surface area (Å²) in [5.41, 5.74) is 6.48. The van der Waals surface area contributed by atoms with Crippen molar-refractivity contribution in [2.75, 3.05) is 30.8 Å². The normalized spacial score (nSPS) is 21.2. The van der Waals surface area contributed by atoms with Crippen molar-refractivity contribution < 1.29 is 4.74 Å². The molecule has 0 spiro atoms. The lowest BCUT2D eigenvalue weighted by Gasteiger charge is -2.22. The number of nitrogens with zero attached hydrogens (tertiary/aromatic N) is 1. The van der Waals surface area contributed by atoms with Crippen LogP contribution in [0.3, 0.4) is 0 Å². The Kier molecular flexibility index (Phi) is 3.40. The first-order valence-electron chi connectivity index (χ1n) is 5.38. The maximum atomic E-state index is 5.78. The summed E-state index contributed by atoms with van der Waals surface area (Å²) in [5.74, 6) is 1.36. The molecule has 1 saturated heterocycles. The van der Waals surface area contributed by atoms with E-state index >= 15 is 0 Å². The summed E-state index contributed by atoms with van der Waals surface area (Å²) >= 11 is 0. The third kappa shape index (κ3) is 2.83. The molecule has 0 amide bonds. The van der Waals surface area contributed by atoms with E-state index in [2.05, 4.69) is 10.3 Å². The Morgan fingerprint density at radius 2 is 2.53 bits per heavy atom. The highest BCUT2D eigenvalue weighted by molar-refractivity contribution is 5.60. The Morgan fingerprint density at radius 3 is 3.27 bits per heavy atom. The van der Waals surface area contributed by atoms with Crippen LogP contribution in [0, 0.1) is 5.92 Å². The van der Waals surface area contributed by atoms with Gasteiger partial charge in [0.1, 0.15) is 5.82 Å². The standard InChI is InChI=1S/C11H17N3O/c12-10-4-1-5-13-11(10)14-7-9-3-2-6-15-8-9/h1,4-5,9H,2-3,6-8,12H2,(H,13,14). The quantitative estimate of drug-likeness (QED) is 0.788. The highest BCUT2D eigenvalue weighted by atomic mass is 16.5. The van der Waals surface area contributed by atoms with Gasteiger partial charge in [0.25, 0.3) is 0 Å². The van der Waals surface area contributed by atoms with Gasteiger partial charge in [0.2, 0.25) is 0 Å². The van der Waals surface area contributed by atoms with Crippen LogP contribution in [0.25, 0.3) is 0 Å². The van der Waals surface area contributed by atoms with E-state index in [4.69, 9.17) is 10.5 Å². The molecular weight excluding hydrogens is 190 g/mol. The monoisotopic (exact) mass is 207 g/mol. The van der Waals surface area contributed by atoms with Crippen molar-refractivity contribution in [3.63, 3.8) is 0 Å². The molecule has 3 N–H and O–H groups in total. The Morgan fingerprint density at radius 1 is 1.60 bits per heavy atom. The molecule has 1 aliphatic rings. The van der Waals surface area contributed by atoms with E-state index < -0.39 is 0 Å². The van der Waals surface area contributed by atoms with Crippen LogP contribution in [0.15, 0.2) is 18.3 Å². The molecule has 1 unspecified atom stereocenters. The van der Waals surface area contributed by atoms with E-state index in [-0.39, 0.29) is 0 Å². The van der Waals surface area contributed by atoms with Crippen molar-refractivity contribution in [2.45, 2.75) is 12.8 Å². The van der Waals surface area contributed by atoms with Gasteiger partial charge in [-0.2, -0.15) is 0 Å². The number of hydrogen-bond acceptors (Lipinski definition) is 4. The fraction of sp³-hybridized carbons (Fsp3) is 0.545. The van der Waals surface area contributed by atoms with E-state index in [9.17, 15) is 0 Å². The smallest absolute Gasteiger partial charge is 0.149 e. The van der Waals surface area contributed by atoms with Gasteiger partial charge in [0.05, 0.1) is 12.3 Å². The molecule has 4 nitrogen and oxygen atoms in total. The third-order valence-corrected chi connectivity index (χ3v) is 2.65. The molecule has 1 aromatic heterocycles. The number of nitrogens with one attached hydrogen (secondary N) is 1. The molecule has 0 aromatic carbocycles. The van der Waals surface area contributed by atoms with Crippen molar-refractivity contribution in [3.05, 3.63) is 18.3 Å². The highest BCUT2D eigenvalue weighted by Crippen LogP contribution is 2.17. The lowest BCUT2D eigenvalue weighted by Crippen LogP contribution is -2.24. The molecule has 0 saturated carbocycles. The SMILES string of the molecule is Nc1cccnc1NCC1CCCOC1. The van der Waals surface area contributed by atoms with Crippen LogP contribution in [-0.2, 0) is 4.74 Å². The van der Waals surface area contributed by atoms with Gasteiger partial charge in [-0.25, -0.2) is 4.98 Å². The number of nitrogen functional groups attached to an aromatic ring is 1. The lowest BCUT2D eigenvalue weighted by atomic mass is 10.0. The summed E-state index contributed by atoms with van der Waals surface area (Å²) in [6.45, 7) is 2.64. The van der Waals surface area contributed by atoms with E-state index in [0.717, 1.165) is 32.0 Å². The van der Waals surface area contributed by atoms with Gasteiger partial charge in [-0.1, -0.05) is 0 Å². The van der Waals surface area contributed by atoms with Crippen LogP contribution in [0.5, 0.6) is 0 Å². The molecule has 1 fully saturated rings. The molecule has 0 bridgehead atoms. The largest absolute Gasteiger partial charge is 0.396 e. The summed E-state index contributed by atoms with van der Waals surface area (Å²) in [7, 11) is 0. The van der Waals surface area contributed by atoms with Crippen LogP contribution in [0.1, 0.15) is 12.8 Å². The number of aromatic nitrogens is 1. The van der Waals surface area contributed by atoms with Gasteiger partial charge in [0, 0.05) is 19.3 Å². The Balaban J connectivity index is 1.84. The molecule has 0 radical (unpaired) electrons. The molecule has 2 heterocycles. The van der Waals surface area contributed by atoms with Crippen LogP contribution in [0.4, 0.5) is 11.5 Å². The van der Waals surface area contributed by atoms with Gasteiger partial charge in [0.15, 0.2) is 0 Å². The fourth-order valence-corrected chi connectivity index (χ4v) is 1.77. The van der Waals surface area contributed by atoms with E-state index in [1.807, 2.05) is 12.1 Å². The molecule has 4 heteroatoms. The third-order valence-electron chi connectivity index (χ3n) is 2.65. The predicted molar refractivity (Wildman–Crippen MR) is 60.7 cm³/mol. The Bertz CT molecular complexity index is 310. The number of rotatable bonds is 3. The molecule has 15 heavy (non-hydrogen) atoms. The number of nitrogens with two attached hydrogens (primary N) is 1. The average molecular weight is 207 g/mol. The molecule has 0 aliphatic carbocycles. The second kappa shape index (κ2) is 4.98. The summed E-state index contributed by atoms with van der Waals surface area (Å²) < 4.78 is 5.41. The summed E-state index contributed by atoms with van der Waals surface area (Å²) in [6, 6.07) is 3.69. The van der Waals surface area contributed by atoms with E-state index in [0.29, 0.717) is 11.6 Å². The van der Waals surface area contributed by atoms with Crippen LogP contribution in [0.2, 0.25) is 0 Å². The van der Waals surface area contributed by atoms with Crippen molar-refractivity contribution in [3.8, 4) is 0 Å². The highest BCUT2D eigenvalue weighted by Gasteiger charge is 2.13. The number of ether oxygens (including phenoxy) is 1. The fourth-order valence-electron chi connectivity index (χ4n) is 1.77. The first-order chi connectivity index (χ1) is 7.36. The van der Waals surface area contributed by atoms with Crippen molar-refractivity contribution in [1.82, 2.24) is 4.98 Å². The van der Waals surface area contributed by atoms with Crippen LogP contribution < -0.4 is 11.1 Å². The maximum Gasteiger partial charge on any atom is 0.149 e. The zero-order valence-electron chi connectivity index (χ0n) is 8.78. The van der Waals surface area contributed by atoms with Gasteiger partial charge in [-0.3, -0.25) is 0 Å². The van der Waals surface area contributed by atoms with Crippen molar-refractivity contribution >= 4 is 11.5 Å². The molecule has 1 aliphatic heterocycles. The van der Waals surface area contributed by atoms with E-state index in [1.165, 1.54) is 6.42 Å². The first-order valence-corrected chi connectivity index (χ1v) is 5.38. The minimum Gasteiger partial charge on any atom is -0.396 e. The number of hydrogen-bond donors (Lipinski definition) is 2. The Hall–Kier alpha value is -1.29. The van der Waals surface area contributed by atoms with Gasteiger partial charge >= 0.3 is 0 Å². The predicted octanol–water partition coefficient (Wildman–Crippen LogP) is 1.50.